The van der Waals surface area contributed by atoms with Gasteiger partial charge in [-0.2, -0.15) is 0 Å². The van der Waals surface area contributed by atoms with E-state index in [2.05, 4.69) is 5.32 Å². The van der Waals surface area contributed by atoms with Gasteiger partial charge in [0, 0.05) is 11.4 Å². The fourth-order valence-corrected chi connectivity index (χ4v) is 4.86. The Bertz CT molecular complexity index is 1070. The molecule has 2 atom stereocenters. The summed E-state index contributed by atoms with van der Waals surface area (Å²) in [6.07, 6.45) is 0. The first-order chi connectivity index (χ1) is 15.0. The highest BCUT2D eigenvalue weighted by Crippen LogP contribution is 2.42. The number of rotatable bonds is 6. The van der Waals surface area contributed by atoms with E-state index >= 15 is 0 Å². The zero-order chi connectivity index (χ0) is 21.8. The summed E-state index contributed by atoms with van der Waals surface area (Å²) < 4.78 is 13.3. The second-order valence-corrected chi connectivity index (χ2v) is 8.73. The molecular formula is C25H23FN2O2S. The Hall–Kier alpha value is -3.12. The summed E-state index contributed by atoms with van der Waals surface area (Å²) in [5.74, 6) is -1.09. The van der Waals surface area contributed by atoms with Crippen LogP contribution < -0.4 is 10.2 Å². The molecule has 1 aliphatic heterocycles. The van der Waals surface area contributed by atoms with Gasteiger partial charge in [0.2, 0.25) is 11.8 Å². The van der Waals surface area contributed by atoms with Crippen molar-refractivity contribution < 1.29 is 14.0 Å². The van der Waals surface area contributed by atoms with Gasteiger partial charge in [-0.3, -0.25) is 9.59 Å². The largest absolute Gasteiger partial charge is 0.352 e. The highest BCUT2D eigenvalue weighted by molar-refractivity contribution is 8.01. The molecule has 0 fully saturated rings. The molecule has 3 aromatic rings. The molecule has 3 aromatic carbocycles. The molecule has 0 saturated carbocycles. The standard InChI is InChI=1S/C25H23FN2O2S/c1-17(24(29)27-15-18-7-3-2-4-8-18)23-25(30)28(16-19-11-13-20(26)14-12-19)21-9-5-6-10-22(21)31-23/h2-14,17,23H,15-16H2,1H3,(H,27,29)/t17-,23+/m0/s1. The molecule has 4 nitrogen and oxygen atoms in total. The van der Waals surface area contributed by atoms with Crippen molar-refractivity contribution in [2.24, 2.45) is 5.92 Å². The molecule has 2 amide bonds. The van der Waals surface area contributed by atoms with Crippen LogP contribution >= 0.6 is 11.8 Å². The number of nitrogens with zero attached hydrogens (tertiary/aromatic N) is 1. The number of carbonyl (C=O) groups excluding carboxylic acids is 2. The average Bonchev–Trinajstić information content (AvgIpc) is 2.80. The van der Waals surface area contributed by atoms with E-state index in [-0.39, 0.29) is 17.6 Å². The summed E-state index contributed by atoms with van der Waals surface area (Å²) in [7, 11) is 0. The molecule has 6 heteroatoms. The lowest BCUT2D eigenvalue weighted by Gasteiger charge is -2.35. The van der Waals surface area contributed by atoms with Crippen molar-refractivity contribution in [3.63, 3.8) is 0 Å². The van der Waals surface area contributed by atoms with Crippen LogP contribution in [0.3, 0.4) is 0 Å². The molecule has 158 valence electrons. The average molecular weight is 435 g/mol. The van der Waals surface area contributed by atoms with Crippen LogP contribution in [-0.2, 0) is 22.7 Å². The fraction of sp³-hybridized carbons (Fsp3) is 0.200. The van der Waals surface area contributed by atoms with E-state index < -0.39 is 11.2 Å². The predicted octanol–water partition coefficient (Wildman–Crippen LogP) is 4.79. The van der Waals surface area contributed by atoms with Crippen LogP contribution in [-0.4, -0.2) is 17.1 Å². The van der Waals surface area contributed by atoms with Crippen LogP contribution in [0.15, 0.2) is 83.8 Å². The zero-order valence-electron chi connectivity index (χ0n) is 17.1. The quantitative estimate of drug-likeness (QED) is 0.607. The Kier molecular flexibility index (Phi) is 6.37. The first-order valence-electron chi connectivity index (χ1n) is 10.2. The Labute approximate surface area is 185 Å². The molecular weight excluding hydrogens is 411 g/mol. The van der Waals surface area contributed by atoms with Gasteiger partial charge in [0.05, 0.1) is 18.2 Å². The van der Waals surface area contributed by atoms with E-state index in [1.807, 2.05) is 54.6 Å². The van der Waals surface area contributed by atoms with Crippen LogP contribution in [0.1, 0.15) is 18.1 Å². The van der Waals surface area contributed by atoms with Crippen LogP contribution in [0.5, 0.6) is 0 Å². The van der Waals surface area contributed by atoms with E-state index in [0.29, 0.717) is 13.1 Å². The number of benzene rings is 3. The Morgan fingerprint density at radius 1 is 1.00 bits per heavy atom. The molecule has 0 aromatic heterocycles. The van der Waals surface area contributed by atoms with E-state index in [1.54, 1.807) is 24.0 Å². The number of amides is 2. The summed E-state index contributed by atoms with van der Waals surface area (Å²) in [6, 6.07) is 23.5. The topological polar surface area (TPSA) is 49.4 Å². The number of fused-ring (bicyclic) bond motifs is 1. The molecule has 1 aliphatic rings. The Morgan fingerprint density at radius 3 is 2.42 bits per heavy atom. The molecule has 1 heterocycles. The lowest BCUT2D eigenvalue weighted by molar-refractivity contribution is -0.128. The second-order valence-electron chi connectivity index (χ2n) is 7.55. The van der Waals surface area contributed by atoms with Gasteiger partial charge in [-0.15, -0.1) is 11.8 Å². The summed E-state index contributed by atoms with van der Waals surface area (Å²) >= 11 is 1.43. The highest BCUT2D eigenvalue weighted by atomic mass is 32.2. The first kappa shape index (κ1) is 21.1. The minimum Gasteiger partial charge on any atom is -0.352 e. The van der Waals surface area contributed by atoms with Gasteiger partial charge in [-0.05, 0) is 35.4 Å². The third-order valence-electron chi connectivity index (χ3n) is 5.35. The lowest BCUT2D eigenvalue weighted by Crippen LogP contribution is -2.47. The fourth-order valence-electron chi connectivity index (χ4n) is 3.57. The monoisotopic (exact) mass is 434 g/mol. The second kappa shape index (κ2) is 9.35. The van der Waals surface area contributed by atoms with Gasteiger partial charge < -0.3 is 10.2 Å². The van der Waals surface area contributed by atoms with Crippen LogP contribution in [0.25, 0.3) is 0 Å². The molecule has 1 N–H and O–H groups in total. The van der Waals surface area contributed by atoms with E-state index in [0.717, 1.165) is 21.7 Å². The van der Waals surface area contributed by atoms with E-state index in [1.165, 1.54) is 23.9 Å². The van der Waals surface area contributed by atoms with Crippen molar-refractivity contribution in [2.75, 3.05) is 4.90 Å². The zero-order valence-corrected chi connectivity index (χ0v) is 17.9. The number of para-hydroxylation sites is 1. The number of hydrogen-bond acceptors (Lipinski definition) is 3. The van der Waals surface area contributed by atoms with Gasteiger partial charge in [0.25, 0.3) is 0 Å². The third-order valence-corrected chi connectivity index (χ3v) is 6.81. The summed E-state index contributed by atoms with van der Waals surface area (Å²) in [6.45, 7) is 2.54. The SMILES string of the molecule is C[C@H](C(=O)NCc1ccccc1)[C@H]1Sc2ccccc2N(Cc2ccc(F)cc2)C1=O. The van der Waals surface area contributed by atoms with Crippen LogP contribution in [0.2, 0.25) is 0 Å². The maximum Gasteiger partial charge on any atom is 0.241 e. The summed E-state index contributed by atoms with van der Waals surface area (Å²) in [5, 5.41) is 2.41. The van der Waals surface area contributed by atoms with Crippen molar-refractivity contribution >= 4 is 29.3 Å². The minimum atomic E-state index is -0.536. The van der Waals surface area contributed by atoms with Crippen LogP contribution in [0.4, 0.5) is 10.1 Å². The lowest BCUT2D eigenvalue weighted by atomic mass is 10.0. The predicted molar refractivity (Wildman–Crippen MR) is 121 cm³/mol. The van der Waals surface area contributed by atoms with E-state index in [9.17, 15) is 14.0 Å². The Morgan fingerprint density at radius 2 is 1.68 bits per heavy atom. The molecule has 0 unspecified atom stereocenters. The number of nitrogens with one attached hydrogen (secondary N) is 1. The van der Waals surface area contributed by atoms with Crippen molar-refractivity contribution in [1.82, 2.24) is 5.32 Å². The summed E-state index contributed by atoms with van der Waals surface area (Å²) in [4.78, 5) is 28.9. The molecule has 0 radical (unpaired) electrons. The third kappa shape index (κ3) is 4.80. The van der Waals surface area contributed by atoms with Gasteiger partial charge >= 0.3 is 0 Å². The van der Waals surface area contributed by atoms with Gasteiger partial charge in [-0.1, -0.05) is 61.5 Å². The molecule has 31 heavy (non-hydrogen) atoms. The molecule has 0 saturated heterocycles. The molecule has 0 aliphatic carbocycles. The number of carbonyl (C=O) groups is 2. The van der Waals surface area contributed by atoms with E-state index in [4.69, 9.17) is 0 Å². The number of hydrogen-bond donors (Lipinski definition) is 1. The van der Waals surface area contributed by atoms with Gasteiger partial charge in [-0.25, -0.2) is 4.39 Å². The smallest absolute Gasteiger partial charge is 0.241 e. The van der Waals surface area contributed by atoms with Crippen molar-refractivity contribution in [3.8, 4) is 0 Å². The Balaban J connectivity index is 1.53. The highest BCUT2D eigenvalue weighted by Gasteiger charge is 2.39. The maximum atomic E-state index is 13.4. The van der Waals surface area contributed by atoms with Crippen molar-refractivity contribution in [1.29, 1.82) is 0 Å². The van der Waals surface area contributed by atoms with Crippen molar-refractivity contribution in [3.05, 3.63) is 95.8 Å². The van der Waals surface area contributed by atoms with Crippen molar-refractivity contribution in [2.45, 2.75) is 30.2 Å². The summed E-state index contributed by atoms with van der Waals surface area (Å²) in [5.41, 5.74) is 2.65. The normalized spacial score (nSPS) is 16.5. The maximum absolute atomic E-state index is 13.4. The van der Waals surface area contributed by atoms with Crippen LogP contribution in [0, 0.1) is 11.7 Å². The number of thioether (sulfide) groups is 1. The van der Waals surface area contributed by atoms with Gasteiger partial charge in [0.15, 0.2) is 0 Å². The first-order valence-corrected chi connectivity index (χ1v) is 11.0. The number of halogens is 1. The van der Waals surface area contributed by atoms with Gasteiger partial charge in [0.1, 0.15) is 11.1 Å². The molecule has 4 rings (SSSR count). The molecule has 0 bridgehead atoms. The minimum absolute atomic E-state index is 0.115. The number of anilines is 1. The molecule has 0 spiro atoms.